The Balaban J connectivity index is 2.17. The summed E-state index contributed by atoms with van der Waals surface area (Å²) in [5.74, 6) is 0. The van der Waals surface area contributed by atoms with E-state index < -0.39 is 28.1 Å². The maximum absolute atomic E-state index is 13.1. The number of hydrogen-bond acceptors (Lipinski definition) is 5. The number of rotatable bonds is 6. The van der Waals surface area contributed by atoms with Crippen molar-refractivity contribution in [1.82, 2.24) is 9.80 Å². The Morgan fingerprint density at radius 1 is 1.22 bits per heavy atom. The van der Waals surface area contributed by atoms with Crippen LogP contribution in [0, 0.1) is 0 Å². The zero-order chi connectivity index (χ0) is 17.3. The largest absolute Gasteiger partial charge is 0.428 e. The normalized spacial score (nSPS) is 19.0. The zero-order valence-electron chi connectivity index (χ0n) is 11.9. The predicted molar refractivity (Wildman–Crippen MR) is 73.6 cm³/mol. The third-order valence-corrected chi connectivity index (χ3v) is 4.40. The Bertz CT molecular complexity index is 667. The SMILES string of the molecule is CN1C=CN(Cc2ccccc2)C1OS(=O)(=O)C(F)(F)C(F)F. The van der Waals surface area contributed by atoms with Crippen molar-refractivity contribution >= 4 is 10.1 Å². The highest BCUT2D eigenvalue weighted by molar-refractivity contribution is 7.87. The van der Waals surface area contributed by atoms with E-state index in [9.17, 15) is 26.0 Å². The number of nitrogens with zero attached hydrogens (tertiary/aromatic N) is 2. The average molecular weight is 354 g/mol. The molecule has 23 heavy (non-hydrogen) atoms. The van der Waals surface area contributed by atoms with Crippen LogP contribution in [-0.4, -0.2) is 43.3 Å². The van der Waals surface area contributed by atoms with E-state index in [0.29, 0.717) is 0 Å². The first-order valence-electron chi connectivity index (χ1n) is 6.44. The van der Waals surface area contributed by atoms with Crippen LogP contribution in [0.15, 0.2) is 42.7 Å². The van der Waals surface area contributed by atoms with Gasteiger partial charge in [0.05, 0.1) is 0 Å². The van der Waals surface area contributed by atoms with Crippen LogP contribution in [0.5, 0.6) is 0 Å². The topological polar surface area (TPSA) is 49.9 Å². The molecule has 0 aliphatic carbocycles. The molecule has 10 heteroatoms. The Hall–Kier alpha value is -1.81. The third kappa shape index (κ3) is 3.58. The van der Waals surface area contributed by atoms with Gasteiger partial charge in [-0.2, -0.15) is 17.2 Å². The molecule has 0 fully saturated rings. The van der Waals surface area contributed by atoms with Gasteiger partial charge >= 0.3 is 21.8 Å². The van der Waals surface area contributed by atoms with Crippen LogP contribution >= 0.6 is 0 Å². The van der Waals surface area contributed by atoms with Gasteiger partial charge < -0.3 is 9.80 Å². The molecular weight excluding hydrogens is 340 g/mol. The van der Waals surface area contributed by atoms with Crippen molar-refractivity contribution in [2.45, 2.75) is 24.6 Å². The van der Waals surface area contributed by atoms with E-state index in [1.165, 1.54) is 29.2 Å². The molecule has 1 unspecified atom stereocenters. The van der Waals surface area contributed by atoms with Crippen LogP contribution in [0.4, 0.5) is 17.6 Å². The van der Waals surface area contributed by atoms with Gasteiger partial charge in [-0.15, -0.1) is 0 Å². The number of alkyl halides is 4. The fourth-order valence-electron chi connectivity index (χ4n) is 1.91. The van der Waals surface area contributed by atoms with Crippen molar-refractivity contribution in [1.29, 1.82) is 0 Å². The summed E-state index contributed by atoms with van der Waals surface area (Å²) >= 11 is 0. The monoisotopic (exact) mass is 354 g/mol. The molecule has 0 saturated carbocycles. The fraction of sp³-hybridized carbons (Fsp3) is 0.385. The van der Waals surface area contributed by atoms with Crippen molar-refractivity contribution in [3.8, 4) is 0 Å². The molecule has 1 aliphatic heterocycles. The van der Waals surface area contributed by atoms with E-state index in [2.05, 4.69) is 4.18 Å². The second kappa shape index (κ2) is 6.36. The van der Waals surface area contributed by atoms with Crippen molar-refractivity contribution in [2.24, 2.45) is 0 Å². The van der Waals surface area contributed by atoms with Gasteiger partial charge in [-0.05, 0) is 5.56 Å². The third-order valence-electron chi connectivity index (χ3n) is 3.13. The van der Waals surface area contributed by atoms with Crippen LogP contribution in [0.25, 0.3) is 0 Å². The zero-order valence-corrected chi connectivity index (χ0v) is 12.8. The molecule has 1 heterocycles. The molecule has 5 nitrogen and oxygen atoms in total. The minimum Gasteiger partial charge on any atom is -0.336 e. The molecule has 0 N–H and O–H groups in total. The molecule has 1 aliphatic rings. The van der Waals surface area contributed by atoms with E-state index in [0.717, 1.165) is 5.56 Å². The van der Waals surface area contributed by atoms with E-state index in [4.69, 9.17) is 0 Å². The van der Waals surface area contributed by atoms with Gasteiger partial charge in [-0.1, -0.05) is 30.3 Å². The number of halogens is 4. The smallest absolute Gasteiger partial charge is 0.336 e. The van der Waals surface area contributed by atoms with Crippen molar-refractivity contribution in [3.63, 3.8) is 0 Å². The molecule has 0 amide bonds. The van der Waals surface area contributed by atoms with Crippen LogP contribution in [0.3, 0.4) is 0 Å². The van der Waals surface area contributed by atoms with E-state index >= 15 is 0 Å². The summed E-state index contributed by atoms with van der Waals surface area (Å²) in [6, 6.07) is 8.75. The Morgan fingerprint density at radius 2 is 1.83 bits per heavy atom. The Morgan fingerprint density at radius 3 is 2.39 bits per heavy atom. The van der Waals surface area contributed by atoms with E-state index in [-0.39, 0.29) is 6.54 Å². The molecule has 128 valence electrons. The molecule has 1 aromatic carbocycles. The quantitative estimate of drug-likeness (QED) is 0.580. The lowest BCUT2D eigenvalue weighted by Crippen LogP contribution is -2.46. The van der Waals surface area contributed by atoms with Crippen molar-refractivity contribution in [3.05, 3.63) is 48.3 Å². The van der Waals surface area contributed by atoms with Crippen molar-refractivity contribution < 1.29 is 30.2 Å². The van der Waals surface area contributed by atoms with E-state index in [1.54, 1.807) is 30.3 Å². The summed E-state index contributed by atoms with van der Waals surface area (Å²) in [5.41, 5.74) is 0.763. The second-order valence-corrected chi connectivity index (χ2v) is 6.51. The molecule has 0 aromatic heterocycles. The van der Waals surface area contributed by atoms with Crippen LogP contribution < -0.4 is 0 Å². The van der Waals surface area contributed by atoms with E-state index in [1.807, 2.05) is 0 Å². The molecule has 0 radical (unpaired) electrons. The number of hydrogen-bond donors (Lipinski definition) is 0. The summed E-state index contributed by atoms with van der Waals surface area (Å²) < 4.78 is 78.1. The molecular formula is C13H14F4N2O3S. The van der Waals surface area contributed by atoms with Gasteiger partial charge in [0, 0.05) is 26.0 Å². The summed E-state index contributed by atoms with van der Waals surface area (Å²) in [6.45, 7) is 0.155. The highest BCUT2D eigenvalue weighted by Gasteiger charge is 2.57. The first-order chi connectivity index (χ1) is 10.6. The summed E-state index contributed by atoms with van der Waals surface area (Å²) in [6.07, 6.45) is -3.03. The first kappa shape index (κ1) is 17.5. The van der Waals surface area contributed by atoms with Gasteiger partial charge in [0.25, 0.3) is 0 Å². The van der Waals surface area contributed by atoms with Gasteiger partial charge in [0.2, 0.25) is 6.35 Å². The molecule has 0 bridgehead atoms. The van der Waals surface area contributed by atoms with Crippen molar-refractivity contribution in [2.75, 3.05) is 7.05 Å². The molecule has 0 spiro atoms. The fourth-order valence-corrected chi connectivity index (χ4v) is 2.73. The lowest BCUT2D eigenvalue weighted by molar-refractivity contribution is -0.0858. The Kier molecular flexibility index (Phi) is 4.85. The molecule has 1 atom stereocenters. The van der Waals surface area contributed by atoms with Gasteiger partial charge in [-0.3, -0.25) is 0 Å². The van der Waals surface area contributed by atoms with Crippen LogP contribution in [0.1, 0.15) is 5.56 Å². The van der Waals surface area contributed by atoms with Gasteiger partial charge in [0.15, 0.2) is 0 Å². The Labute approximate surface area is 130 Å². The first-order valence-corrected chi connectivity index (χ1v) is 7.84. The maximum atomic E-state index is 13.1. The highest BCUT2D eigenvalue weighted by atomic mass is 32.2. The predicted octanol–water partition coefficient (Wildman–Crippen LogP) is 2.39. The summed E-state index contributed by atoms with van der Waals surface area (Å²) in [5, 5.41) is -5.28. The van der Waals surface area contributed by atoms with Gasteiger partial charge in [0.1, 0.15) is 0 Å². The summed E-state index contributed by atoms with van der Waals surface area (Å²) in [7, 11) is -4.43. The molecule has 1 aromatic rings. The molecule has 2 rings (SSSR count). The van der Waals surface area contributed by atoms with Gasteiger partial charge in [-0.25, -0.2) is 13.0 Å². The highest BCUT2D eigenvalue weighted by Crippen LogP contribution is 2.33. The minimum absolute atomic E-state index is 0.155. The standard InChI is InChI=1S/C13H14F4N2O3S/c1-18-7-8-19(9-10-5-3-2-4-6-10)12(18)22-23(20,21)13(16,17)11(14)15/h2-8,11-12H,9H2,1H3. The maximum Gasteiger partial charge on any atom is 0.428 e. The number of benzene rings is 1. The minimum atomic E-state index is -5.81. The summed E-state index contributed by atoms with van der Waals surface area (Å²) in [4.78, 5) is 2.48. The second-order valence-electron chi connectivity index (χ2n) is 4.86. The average Bonchev–Trinajstić information content (AvgIpc) is 2.80. The lowest BCUT2D eigenvalue weighted by Gasteiger charge is -2.30. The molecule has 0 saturated heterocycles. The lowest BCUT2D eigenvalue weighted by atomic mass is 10.2. The van der Waals surface area contributed by atoms with Crippen LogP contribution in [-0.2, 0) is 20.8 Å². The van der Waals surface area contributed by atoms with Crippen LogP contribution in [0.2, 0.25) is 0 Å².